The van der Waals surface area contributed by atoms with Crippen molar-refractivity contribution in [1.29, 1.82) is 0 Å². The van der Waals surface area contributed by atoms with Gasteiger partial charge in [0, 0.05) is 12.1 Å². The van der Waals surface area contributed by atoms with E-state index >= 15 is 0 Å². The predicted molar refractivity (Wildman–Crippen MR) is 84.0 cm³/mol. The third-order valence-electron chi connectivity index (χ3n) is 4.50. The van der Waals surface area contributed by atoms with Gasteiger partial charge in [-0.1, -0.05) is 26.0 Å². The van der Waals surface area contributed by atoms with E-state index in [0.29, 0.717) is 11.5 Å². The molecule has 3 heteroatoms. The minimum Gasteiger partial charge on any atom is -0.497 e. The maximum atomic E-state index is 6.26. The number of methoxy groups -OCH3 is 1. The van der Waals surface area contributed by atoms with Crippen LogP contribution < -0.4 is 10.5 Å². The second kappa shape index (κ2) is 6.15. The number of ether oxygens (including phenoxy) is 1. The molecule has 20 heavy (non-hydrogen) atoms. The number of nitrogens with zero attached hydrogens (tertiary/aromatic N) is 1. The zero-order valence-electron chi connectivity index (χ0n) is 13.2. The lowest BCUT2D eigenvalue weighted by Crippen LogP contribution is -2.45. The number of hydrogen-bond acceptors (Lipinski definition) is 3. The van der Waals surface area contributed by atoms with Gasteiger partial charge in [0.05, 0.1) is 7.11 Å². The minimum absolute atomic E-state index is 0.129. The molecule has 3 nitrogen and oxygen atoms in total. The van der Waals surface area contributed by atoms with Crippen molar-refractivity contribution in [3.8, 4) is 5.75 Å². The monoisotopic (exact) mass is 276 g/mol. The highest BCUT2D eigenvalue weighted by molar-refractivity contribution is 5.30. The minimum atomic E-state index is 0.129. The maximum absolute atomic E-state index is 6.26. The van der Waals surface area contributed by atoms with E-state index in [-0.39, 0.29) is 6.04 Å². The molecule has 1 aromatic carbocycles. The molecule has 1 heterocycles. The molecule has 1 aliphatic heterocycles. The van der Waals surface area contributed by atoms with Crippen LogP contribution in [-0.2, 0) is 0 Å². The van der Waals surface area contributed by atoms with Crippen LogP contribution in [0.2, 0.25) is 0 Å². The molecule has 0 aliphatic carbocycles. The highest BCUT2D eigenvalue weighted by Crippen LogP contribution is 2.35. The van der Waals surface area contributed by atoms with Gasteiger partial charge in [-0.2, -0.15) is 0 Å². The molecule has 2 rings (SSSR count). The Kier molecular flexibility index (Phi) is 4.71. The van der Waals surface area contributed by atoms with Gasteiger partial charge < -0.3 is 10.5 Å². The van der Waals surface area contributed by atoms with Gasteiger partial charge in [0.1, 0.15) is 5.75 Å². The van der Waals surface area contributed by atoms with Crippen LogP contribution in [0.15, 0.2) is 24.3 Å². The summed E-state index contributed by atoms with van der Waals surface area (Å²) in [6, 6.07) is 8.78. The molecule has 0 radical (unpaired) electrons. The molecule has 1 aromatic rings. The maximum Gasteiger partial charge on any atom is 0.118 e. The largest absolute Gasteiger partial charge is 0.497 e. The third kappa shape index (κ3) is 3.53. The van der Waals surface area contributed by atoms with Crippen molar-refractivity contribution in [3.63, 3.8) is 0 Å². The highest BCUT2D eigenvalue weighted by atomic mass is 16.5. The van der Waals surface area contributed by atoms with Crippen molar-refractivity contribution >= 4 is 0 Å². The van der Waals surface area contributed by atoms with Crippen LogP contribution in [0.1, 0.15) is 45.2 Å². The Balaban J connectivity index is 2.14. The molecule has 2 atom stereocenters. The lowest BCUT2D eigenvalue weighted by atomic mass is 9.81. The van der Waals surface area contributed by atoms with E-state index in [1.807, 2.05) is 12.1 Å². The van der Waals surface area contributed by atoms with E-state index in [2.05, 4.69) is 37.8 Å². The van der Waals surface area contributed by atoms with Gasteiger partial charge in [0.25, 0.3) is 0 Å². The fourth-order valence-electron chi connectivity index (χ4n) is 3.06. The first kappa shape index (κ1) is 15.3. The third-order valence-corrected chi connectivity index (χ3v) is 4.50. The highest BCUT2D eigenvalue weighted by Gasteiger charge is 2.31. The van der Waals surface area contributed by atoms with Crippen molar-refractivity contribution in [2.75, 3.05) is 20.2 Å². The molecule has 1 saturated heterocycles. The van der Waals surface area contributed by atoms with Gasteiger partial charge in [-0.3, -0.25) is 4.90 Å². The van der Waals surface area contributed by atoms with Crippen molar-refractivity contribution in [2.45, 2.75) is 45.7 Å². The molecular weight excluding hydrogens is 248 g/mol. The van der Waals surface area contributed by atoms with Crippen molar-refractivity contribution in [3.05, 3.63) is 29.8 Å². The van der Waals surface area contributed by atoms with Crippen LogP contribution in [0, 0.1) is 5.41 Å². The Morgan fingerprint density at radius 2 is 1.70 bits per heavy atom. The van der Waals surface area contributed by atoms with Crippen LogP contribution >= 0.6 is 0 Å². The van der Waals surface area contributed by atoms with E-state index in [9.17, 15) is 0 Å². The lowest BCUT2D eigenvalue weighted by molar-refractivity contribution is 0.0841. The van der Waals surface area contributed by atoms with Gasteiger partial charge in [0.2, 0.25) is 0 Å². The summed E-state index contributed by atoms with van der Waals surface area (Å²) in [6.07, 6.45) is 2.48. The van der Waals surface area contributed by atoms with Gasteiger partial charge in [-0.15, -0.1) is 0 Å². The first-order chi connectivity index (χ1) is 9.43. The van der Waals surface area contributed by atoms with Crippen LogP contribution in [0.3, 0.4) is 0 Å². The summed E-state index contributed by atoms with van der Waals surface area (Å²) in [7, 11) is 1.70. The number of rotatable bonds is 4. The quantitative estimate of drug-likeness (QED) is 0.917. The lowest BCUT2D eigenvalue weighted by Gasteiger charge is -2.42. The molecule has 112 valence electrons. The first-order valence-electron chi connectivity index (χ1n) is 7.56. The van der Waals surface area contributed by atoms with E-state index < -0.39 is 0 Å². The zero-order valence-corrected chi connectivity index (χ0v) is 13.2. The summed E-state index contributed by atoms with van der Waals surface area (Å²) in [5.74, 6) is 0.900. The molecule has 2 unspecified atom stereocenters. The van der Waals surface area contributed by atoms with E-state index in [1.54, 1.807) is 7.11 Å². The Labute approximate surface area is 123 Å². The molecule has 0 aromatic heterocycles. The smallest absolute Gasteiger partial charge is 0.118 e. The molecular formula is C17H28N2O. The van der Waals surface area contributed by atoms with Gasteiger partial charge in [-0.25, -0.2) is 0 Å². The standard InChI is InChI=1S/C17H28N2O/c1-13(18)16(14-5-7-15(20-4)8-6-14)19-11-9-17(2,3)10-12-19/h5-8,13,16H,9-12,18H2,1-4H3. The molecule has 2 N–H and O–H groups in total. The summed E-state index contributed by atoms with van der Waals surface area (Å²) in [5.41, 5.74) is 8.03. The van der Waals surface area contributed by atoms with E-state index in [0.717, 1.165) is 18.8 Å². The molecule has 0 amide bonds. The first-order valence-corrected chi connectivity index (χ1v) is 7.56. The van der Waals surface area contributed by atoms with Gasteiger partial charge >= 0.3 is 0 Å². The number of hydrogen-bond donors (Lipinski definition) is 1. The van der Waals surface area contributed by atoms with Crippen LogP contribution in [0.5, 0.6) is 5.75 Å². The second-order valence-corrected chi connectivity index (χ2v) is 6.78. The normalized spacial score (nSPS) is 22.2. The summed E-state index contributed by atoms with van der Waals surface area (Å²) in [6.45, 7) is 9.09. The van der Waals surface area contributed by atoms with Crippen molar-refractivity contribution in [2.24, 2.45) is 11.1 Å². The second-order valence-electron chi connectivity index (χ2n) is 6.78. The van der Waals surface area contributed by atoms with Crippen molar-refractivity contribution in [1.82, 2.24) is 4.90 Å². The van der Waals surface area contributed by atoms with Crippen LogP contribution in [-0.4, -0.2) is 31.1 Å². The Morgan fingerprint density at radius 3 is 2.15 bits per heavy atom. The fourth-order valence-corrected chi connectivity index (χ4v) is 3.06. The molecule has 0 saturated carbocycles. The van der Waals surface area contributed by atoms with Gasteiger partial charge in [-0.05, 0) is 56.0 Å². The van der Waals surface area contributed by atoms with Gasteiger partial charge in [0.15, 0.2) is 0 Å². The SMILES string of the molecule is COc1ccc(C(C(C)N)N2CCC(C)(C)CC2)cc1. The number of nitrogens with two attached hydrogens (primary N) is 1. The topological polar surface area (TPSA) is 38.5 Å². The average Bonchev–Trinajstić information content (AvgIpc) is 2.41. The Hall–Kier alpha value is -1.06. The Morgan fingerprint density at radius 1 is 1.15 bits per heavy atom. The van der Waals surface area contributed by atoms with Crippen LogP contribution in [0.25, 0.3) is 0 Å². The molecule has 1 fully saturated rings. The number of benzene rings is 1. The molecule has 0 bridgehead atoms. The predicted octanol–water partition coefficient (Wildman–Crippen LogP) is 3.21. The number of likely N-dealkylation sites (tertiary alicyclic amines) is 1. The summed E-state index contributed by atoms with van der Waals surface area (Å²) in [5, 5.41) is 0. The van der Waals surface area contributed by atoms with E-state index in [4.69, 9.17) is 10.5 Å². The summed E-state index contributed by atoms with van der Waals surface area (Å²) in [4.78, 5) is 2.54. The Bertz CT molecular complexity index is 415. The average molecular weight is 276 g/mol. The zero-order chi connectivity index (χ0) is 14.8. The van der Waals surface area contributed by atoms with Crippen LogP contribution in [0.4, 0.5) is 0 Å². The summed E-state index contributed by atoms with van der Waals surface area (Å²) < 4.78 is 5.24. The van der Waals surface area contributed by atoms with Crippen molar-refractivity contribution < 1.29 is 4.74 Å². The molecule has 1 aliphatic rings. The molecule has 0 spiro atoms. The van der Waals surface area contributed by atoms with E-state index in [1.165, 1.54) is 18.4 Å². The number of piperidine rings is 1. The fraction of sp³-hybridized carbons (Fsp3) is 0.647. The summed E-state index contributed by atoms with van der Waals surface area (Å²) >= 11 is 0.